The largest absolute Gasteiger partial charge is 0.497 e. The molecule has 1 atom stereocenters. The van der Waals surface area contributed by atoms with Gasteiger partial charge in [-0.3, -0.25) is 4.79 Å². The van der Waals surface area contributed by atoms with E-state index in [1.165, 1.54) is 6.07 Å². The molecular weight excluding hydrogens is 448 g/mol. The highest BCUT2D eigenvalue weighted by molar-refractivity contribution is 7.89. The van der Waals surface area contributed by atoms with Crippen molar-refractivity contribution in [2.75, 3.05) is 7.11 Å². The Labute approximate surface area is 189 Å². The Kier molecular flexibility index (Phi) is 6.45. The first-order valence-electron chi connectivity index (χ1n) is 9.67. The highest BCUT2D eigenvalue weighted by Gasteiger charge is 2.29. The van der Waals surface area contributed by atoms with Crippen LogP contribution in [0.1, 0.15) is 17.2 Å². The van der Waals surface area contributed by atoms with Crippen molar-refractivity contribution in [3.8, 4) is 5.75 Å². The molecule has 4 rings (SSSR count). The number of benzene rings is 3. The summed E-state index contributed by atoms with van der Waals surface area (Å²) in [4.78, 5) is 13.1. The van der Waals surface area contributed by atoms with Crippen molar-refractivity contribution in [3.63, 3.8) is 0 Å². The number of ether oxygens (including phenoxy) is 1. The fraction of sp³-hybridized carbons (Fsp3) is 0.136. The molecular formula is C22H20N4O4S2. The van der Waals surface area contributed by atoms with Crippen LogP contribution in [0.15, 0.2) is 77.7 Å². The third-order valence-electron chi connectivity index (χ3n) is 4.81. The molecule has 0 unspecified atom stereocenters. The van der Waals surface area contributed by atoms with E-state index < -0.39 is 22.0 Å². The molecule has 1 heterocycles. The number of hydrogen-bond acceptors (Lipinski definition) is 7. The van der Waals surface area contributed by atoms with Crippen LogP contribution in [0.5, 0.6) is 5.75 Å². The van der Waals surface area contributed by atoms with E-state index in [0.717, 1.165) is 17.3 Å². The maximum Gasteiger partial charge on any atom is 0.243 e. The second-order valence-electron chi connectivity index (χ2n) is 6.92. The summed E-state index contributed by atoms with van der Waals surface area (Å²) < 4.78 is 42.4. The van der Waals surface area contributed by atoms with Crippen LogP contribution in [0.2, 0.25) is 0 Å². The second-order valence-corrected chi connectivity index (χ2v) is 9.13. The number of methoxy groups -OCH3 is 1. The van der Waals surface area contributed by atoms with Gasteiger partial charge in [0.25, 0.3) is 0 Å². The normalized spacial score (nSPS) is 12.4. The molecule has 0 spiro atoms. The Morgan fingerprint density at radius 1 is 1.03 bits per heavy atom. The van der Waals surface area contributed by atoms with Crippen LogP contribution in [0.3, 0.4) is 0 Å². The lowest BCUT2D eigenvalue weighted by Gasteiger charge is -2.19. The molecule has 0 aliphatic heterocycles. The van der Waals surface area contributed by atoms with E-state index in [2.05, 4.69) is 18.8 Å². The number of fused-ring (bicyclic) bond motifs is 1. The molecule has 0 bridgehead atoms. The van der Waals surface area contributed by atoms with Crippen molar-refractivity contribution in [2.45, 2.75) is 17.5 Å². The van der Waals surface area contributed by atoms with Crippen LogP contribution in [0, 0.1) is 0 Å². The van der Waals surface area contributed by atoms with Gasteiger partial charge in [-0.15, -0.1) is 0 Å². The molecule has 164 valence electrons. The van der Waals surface area contributed by atoms with Gasteiger partial charge >= 0.3 is 0 Å². The van der Waals surface area contributed by atoms with Gasteiger partial charge in [-0.05, 0) is 35.4 Å². The average Bonchev–Trinajstić information content (AvgIpc) is 3.30. The van der Waals surface area contributed by atoms with Crippen molar-refractivity contribution in [3.05, 3.63) is 83.9 Å². The smallest absolute Gasteiger partial charge is 0.243 e. The lowest BCUT2D eigenvalue weighted by atomic mass is 10.1. The minimum atomic E-state index is -4.07. The number of nitrogens with one attached hydrogen (secondary N) is 2. The Morgan fingerprint density at radius 2 is 1.81 bits per heavy atom. The van der Waals surface area contributed by atoms with Gasteiger partial charge < -0.3 is 10.1 Å². The molecule has 4 aromatic rings. The number of nitrogens with zero attached hydrogens (tertiary/aromatic N) is 2. The third kappa shape index (κ3) is 4.77. The molecule has 0 radical (unpaired) electrons. The van der Waals surface area contributed by atoms with Crippen LogP contribution in [-0.2, 0) is 21.4 Å². The van der Waals surface area contributed by atoms with E-state index in [0.29, 0.717) is 16.8 Å². The van der Waals surface area contributed by atoms with Crippen LogP contribution < -0.4 is 14.8 Å². The summed E-state index contributed by atoms with van der Waals surface area (Å²) >= 11 is 0.932. The van der Waals surface area contributed by atoms with Crippen molar-refractivity contribution < 1.29 is 17.9 Å². The lowest BCUT2D eigenvalue weighted by molar-refractivity contribution is -0.123. The number of hydrogen-bond donors (Lipinski definition) is 2. The maximum atomic E-state index is 13.2. The van der Waals surface area contributed by atoms with Crippen molar-refractivity contribution in [1.82, 2.24) is 18.8 Å². The Morgan fingerprint density at radius 3 is 2.59 bits per heavy atom. The number of rotatable bonds is 8. The SMILES string of the molecule is COc1cccc(CNC(=O)[C@@H](NS(=O)(=O)c2cccc3nsnc23)c2ccccc2)c1. The monoisotopic (exact) mass is 468 g/mol. The minimum absolute atomic E-state index is 0.0229. The molecule has 3 aromatic carbocycles. The van der Waals surface area contributed by atoms with Gasteiger partial charge in [0.2, 0.25) is 15.9 Å². The quantitative estimate of drug-likeness (QED) is 0.411. The molecule has 0 saturated carbocycles. The summed E-state index contributed by atoms with van der Waals surface area (Å²) in [5, 5.41) is 2.81. The Balaban J connectivity index is 1.61. The minimum Gasteiger partial charge on any atom is -0.497 e. The maximum absolute atomic E-state index is 13.2. The summed E-state index contributed by atoms with van der Waals surface area (Å²) in [6.45, 7) is 0.215. The molecule has 0 aliphatic carbocycles. The summed E-state index contributed by atoms with van der Waals surface area (Å²) in [6.07, 6.45) is 0. The first-order valence-corrected chi connectivity index (χ1v) is 11.9. The predicted molar refractivity (Wildman–Crippen MR) is 122 cm³/mol. The van der Waals surface area contributed by atoms with Gasteiger partial charge in [0.15, 0.2) is 0 Å². The van der Waals surface area contributed by atoms with E-state index in [1.807, 2.05) is 12.1 Å². The topological polar surface area (TPSA) is 110 Å². The summed E-state index contributed by atoms with van der Waals surface area (Å²) in [6, 6.07) is 19.6. The average molecular weight is 469 g/mol. The number of sulfonamides is 1. The fourth-order valence-electron chi connectivity index (χ4n) is 3.21. The van der Waals surface area contributed by atoms with Gasteiger partial charge in [0, 0.05) is 6.54 Å². The molecule has 2 N–H and O–H groups in total. The highest BCUT2D eigenvalue weighted by Crippen LogP contribution is 2.24. The van der Waals surface area contributed by atoms with E-state index in [9.17, 15) is 13.2 Å². The number of aromatic nitrogens is 2. The first-order chi connectivity index (χ1) is 15.5. The van der Waals surface area contributed by atoms with Gasteiger partial charge in [0.05, 0.1) is 18.8 Å². The zero-order valence-corrected chi connectivity index (χ0v) is 18.7. The highest BCUT2D eigenvalue weighted by atomic mass is 32.2. The van der Waals surface area contributed by atoms with Crippen molar-refractivity contribution >= 4 is 38.7 Å². The predicted octanol–water partition coefficient (Wildman–Crippen LogP) is 3.04. The molecule has 1 aromatic heterocycles. The molecule has 10 heteroatoms. The summed E-state index contributed by atoms with van der Waals surface area (Å²) in [5.74, 6) is 0.188. The molecule has 8 nitrogen and oxygen atoms in total. The molecule has 0 aliphatic rings. The van der Waals surface area contributed by atoms with E-state index in [4.69, 9.17) is 4.74 Å². The first kappa shape index (κ1) is 21.9. The molecule has 0 saturated heterocycles. The van der Waals surface area contributed by atoms with Gasteiger partial charge in [0.1, 0.15) is 27.7 Å². The third-order valence-corrected chi connectivity index (χ3v) is 6.80. The summed E-state index contributed by atoms with van der Waals surface area (Å²) in [5.41, 5.74) is 2.10. The van der Waals surface area contributed by atoms with Gasteiger partial charge in [-0.25, -0.2) is 8.42 Å². The number of carbonyl (C=O) groups excluding carboxylic acids is 1. The van der Waals surface area contributed by atoms with E-state index in [1.54, 1.807) is 61.7 Å². The van der Waals surface area contributed by atoms with Crippen molar-refractivity contribution in [2.24, 2.45) is 0 Å². The zero-order valence-electron chi connectivity index (χ0n) is 17.1. The Hall–Kier alpha value is -3.34. The molecule has 0 fully saturated rings. The van der Waals surface area contributed by atoms with E-state index >= 15 is 0 Å². The van der Waals surface area contributed by atoms with Gasteiger partial charge in [-0.2, -0.15) is 13.5 Å². The molecule has 1 amide bonds. The van der Waals surface area contributed by atoms with Crippen LogP contribution >= 0.6 is 11.7 Å². The number of carbonyl (C=O) groups is 1. The zero-order chi connectivity index (χ0) is 22.6. The van der Waals surface area contributed by atoms with Crippen LogP contribution in [-0.4, -0.2) is 30.2 Å². The fourth-order valence-corrected chi connectivity index (χ4v) is 5.16. The number of amides is 1. The Bertz CT molecular complexity index is 1340. The molecule has 32 heavy (non-hydrogen) atoms. The van der Waals surface area contributed by atoms with E-state index in [-0.39, 0.29) is 17.0 Å². The van der Waals surface area contributed by atoms with Crippen LogP contribution in [0.25, 0.3) is 11.0 Å². The van der Waals surface area contributed by atoms with Gasteiger partial charge in [-0.1, -0.05) is 48.5 Å². The summed E-state index contributed by atoms with van der Waals surface area (Å²) in [7, 11) is -2.50. The van der Waals surface area contributed by atoms with Crippen molar-refractivity contribution in [1.29, 1.82) is 0 Å². The second kappa shape index (κ2) is 9.43. The standard InChI is InChI=1S/C22H20N4O4S2/c1-30-17-10-5-7-15(13-17)14-23-22(27)20(16-8-3-2-4-9-16)26-32(28,29)19-12-6-11-18-21(19)25-31-24-18/h2-13,20,26H,14H2,1H3,(H,23,27)/t20-/m0/s1. The van der Waals surface area contributed by atoms with Crippen LogP contribution in [0.4, 0.5) is 0 Å². The lowest BCUT2D eigenvalue weighted by Crippen LogP contribution is -2.40.